The molecule has 0 spiro atoms. The first kappa shape index (κ1) is 39.0. The summed E-state index contributed by atoms with van der Waals surface area (Å²) in [4.78, 5) is 38.8. The summed E-state index contributed by atoms with van der Waals surface area (Å²) in [6, 6.07) is 0. The van der Waals surface area contributed by atoms with Crippen LogP contribution in [0.1, 0.15) is 170 Å². The Kier molecular flexibility index (Phi) is 20.6. The van der Waals surface area contributed by atoms with E-state index in [-0.39, 0.29) is 5.97 Å². The molecule has 0 rings (SSSR count). The first-order valence-electron chi connectivity index (χ1n) is 16.3. The van der Waals surface area contributed by atoms with Crippen LogP contribution in [0.2, 0.25) is 0 Å². The molecule has 0 aromatic carbocycles. The molecule has 0 heterocycles. The largest absolute Gasteiger partial charge is 0.466 e. The van der Waals surface area contributed by atoms with E-state index in [4.69, 9.17) is 20.6 Å². The van der Waals surface area contributed by atoms with Crippen LogP contribution in [-0.2, 0) is 28.6 Å². The number of carbonyl (C=O) groups is 3. The van der Waals surface area contributed by atoms with E-state index in [9.17, 15) is 14.4 Å². The lowest BCUT2D eigenvalue weighted by Crippen LogP contribution is -2.46. The number of terminal acetylenes is 1. The quantitative estimate of drug-likeness (QED) is 0.0395. The lowest BCUT2D eigenvalue weighted by atomic mass is 9.77. The van der Waals surface area contributed by atoms with Crippen molar-refractivity contribution in [2.24, 2.45) is 5.41 Å². The second kappa shape index (κ2) is 21.6. The van der Waals surface area contributed by atoms with Crippen molar-refractivity contribution in [3.05, 3.63) is 0 Å². The van der Waals surface area contributed by atoms with Gasteiger partial charge in [0.25, 0.3) is 0 Å². The number of rotatable bonds is 23. The molecule has 0 unspecified atom stereocenters. The molecule has 41 heavy (non-hydrogen) atoms. The molecule has 0 atom stereocenters. The van der Waals surface area contributed by atoms with E-state index in [0.29, 0.717) is 25.9 Å². The van der Waals surface area contributed by atoms with E-state index in [1.165, 1.54) is 0 Å². The standard InChI is InChI=1S/C35H62O6/c1-9-11-12-13-14-16-19-22-25-28-35(31(37)40-33(3,4)5,32(38)41-34(6,7)8)29-26-23-20-17-15-18-21-24-27-30(36)39-10-2/h1H,10-29H2,2-8H3. The third-order valence-electron chi connectivity index (χ3n) is 7.04. The molecule has 0 saturated carbocycles. The predicted octanol–water partition coefficient (Wildman–Crippen LogP) is 9.26. The Morgan fingerprint density at radius 2 is 0.951 bits per heavy atom. The molecular formula is C35H62O6. The number of unbranched alkanes of at least 4 members (excludes halogenated alkanes) is 14. The highest BCUT2D eigenvalue weighted by Gasteiger charge is 2.50. The van der Waals surface area contributed by atoms with Crippen LogP contribution < -0.4 is 0 Å². The molecule has 0 aliphatic carbocycles. The molecule has 0 aliphatic heterocycles. The number of hydrogen-bond acceptors (Lipinski definition) is 6. The summed E-state index contributed by atoms with van der Waals surface area (Å²) in [5.41, 5.74) is -2.65. The van der Waals surface area contributed by atoms with Crippen molar-refractivity contribution in [1.29, 1.82) is 0 Å². The Bertz CT molecular complexity index is 737. The summed E-state index contributed by atoms with van der Waals surface area (Å²) in [6.45, 7) is 13.3. The van der Waals surface area contributed by atoms with Crippen molar-refractivity contribution >= 4 is 17.9 Å². The Hall–Kier alpha value is -2.03. The van der Waals surface area contributed by atoms with Gasteiger partial charge >= 0.3 is 17.9 Å². The average Bonchev–Trinajstić information content (AvgIpc) is 2.85. The maximum absolute atomic E-state index is 13.7. The van der Waals surface area contributed by atoms with E-state index >= 15 is 0 Å². The van der Waals surface area contributed by atoms with Gasteiger partial charge in [0, 0.05) is 12.8 Å². The van der Waals surface area contributed by atoms with Crippen LogP contribution in [0.15, 0.2) is 0 Å². The van der Waals surface area contributed by atoms with Crippen molar-refractivity contribution in [3.63, 3.8) is 0 Å². The molecule has 0 aromatic heterocycles. The van der Waals surface area contributed by atoms with Crippen LogP contribution in [-0.4, -0.2) is 35.7 Å². The van der Waals surface area contributed by atoms with Gasteiger partial charge in [0.05, 0.1) is 6.61 Å². The second-order valence-electron chi connectivity index (χ2n) is 13.4. The van der Waals surface area contributed by atoms with Gasteiger partial charge in [-0.1, -0.05) is 83.5 Å². The fraction of sp³-hybridized carbons (Fsp3) is 0.857. The zero-order valence-corrected chi connectivity index (χ0v) is 27.7. The fourth-order valence-corrected chi connectivity index (χ4v) is 4.90. The maximum Gasteiger partial charge on any atom is 0.324 e. The average molecular weight is 579 g/mol. The maximum atomic E-state index is 13.7. The van der Waals surface area contributed by atoms with Crippen LogP contribution in [0, 0.1) is 17.8 Å². The topological polar surface area (TPSA) is 78.9 Å². The molecule has 0 bridgehead atoms. The first-order valence-corrected chi connectivity index (χ1v) is 16.3. The molecule has 6 heteroatoms. The molecular weight excluding hydrogens is 516 g/mol. The molecule has 0 saturated heterocycles. The molecule has 6 nitrogen and oxygen atoms in total. The van der Waals surface area contributed by atoms with Crippen LogP contribution in [0.5, 0.6) is 0 Å². The predicted molar refractivity (Wildman–Crippen MR) is 167 cm³/mol. The van der Waals surface area contributed by atoms with E-state index < -0.39 is 28.6 Å². The summed E-state index contributed by atoms with van der Waals surface area (Å²) in [5, 5.41) is 0. The van der Waals surface area contributed by atoms with Crippen molar-refractivity contribution in [1.82, 2.24) is 0 Å². The van der Waals surface area contributed by atoms with Crippen molar-refractivity contribution in [3.8, 4) is 12.3 Å². The second-order valence-corrected chi connectivity index (χ2v) is 13.4. The van der Waals surface area contributed by atoms with Gasteiger partial charge < -0.3 is 14.2 Å². The monoisotopic (exact) mass is 578 g/mol. The summed E-state index contributed by atoms with van der Waals surface area (Å²) < 4.78 is 16.7. The molecule has 0 radical (unpaired) electrons. The van der Waals surface area contributed by atoms with Crippen LogP contribution in [0.3, 0.4) is 0 Å². The zero-order valence-electron chi connectivity index (χ0n) is 27.7. The first-order chi connectivity index (χ1) is 19.3. The Labute approximate surface area is 252 Å². The lowest BCUT2D eigenvalue weighted by Gasteiger charge is -2.35. The smallest absolute Gasteiger partial charge is 0.324 e. The molecule has 0 aliphatic rings. The van der Waals surface area contributed by atoms with Gasteiger partial charge in [0.15, 0.2) is 5.41 Å². The van der Waals surface area contributed by atoms with Gasteiger partial charge in [0.1, 0.15) is 11.2 Å². The molecule has 0 fully saturated rings. The highest BCUT2D eigenvalue weighted by molar-refractivity contribution is 6.00. The van der Waals surface area contributed by atoms with Crippen molar-refractivity contribution in [2.45, 2.75) is 182 Å². The molecule has 0 amide bonds. The van der Waals surface area contributed by atoms with Gasteiger partial charge in [-0.05, 0) is 74.1 Å². The fourth-order valence-electron chi connectivity index (χ4n) is 4.90. The number of carbonyl (C=O) groups excluding carboxylic acids is 3. The van der Waals surface area contributed by atoms with Gasteiger partial charge in [-0.15, -0.1) is 12.3 Å². The van der Waals surface area contributed by atoms with Crippen LogP contribution in [0.25, 0.3) is 0 Å². The van der Waals surface area contributed by atoms with E-state index in [0.717, 1.165) is 103 Å². The number of hydrogen-bond donors (Lipinski definition) is 0. The Morgan fingerprint density at radius 1 is 0.585 bits per heavy atom. The molecule has 238 valence electrons. The Morgan fingerprint density at radius 3 is 1.32 bits per heavy atom. The normalized spacial score (nSPS) is 12.0. The third kappa shape index (κ3) is 20.5. The van der Waals surface area contributed by atoms with Crippen molar-refractivity contribution in [2.75, 3.05) is 6.61 Å². The van der Waals surface area contributed by atoms with Gasteiger partial charge in [-0.2, -0.15) is 0 Å². The molecule has 0 aromatic rings. The third-order valence-corrected chi connectivity index (χ3v) is 7.04. The minimum absolute atomic E-state index is 0.109. The van der Waals surface area contributed by atoms with E-state index in [2.05, 4.69) is 5.92 Å². The minimum atomic E-state index is -1.28. The minimum Gasteiger partial charge on any atom is -0.466 e. The van der Waals surface area contributed by atoms with Gasteiger partial charge in [-0.25, -0.2) is 0 Å². The zero-order chi connectivity index (χ0) is 31.2. The van der Waals surface area contributed by atoms with Gasteiger partial charge in [-0.3, -0.25) is 14.4 Å². The van der Waals surface area contributed by atoms with Gasteiger partial charge in [0.2, 0.25) is 0 Å². The van der Waals surface area contributed by atoms with E-state index in [1.54, 1.807) is 0 Å². The number of ether oxygens (including phenoxy) is 3. The Balaban J connectivity index is 5.04. The summed E-state index contributed by atoms with van der Waals surface area (Å²) in [6.07, 6.45) is 22.9. The van der Waals surface area contributed by atoms with Crippen LogP contribution >= 0.6 is 0 Å². The molecule has 0 N–H and O–H groups in total. The summed E-state index contributed by atoms with van der Waals surface area (Å²) in [7, 11) is 0. The van der Waals surface area contributed by atoms with Crippen molar-refractivity contribution < 1.29 is 28.6 Å². The van der Waals surface area contributed by atoms with E-state index in [1.807, 2.05) is 48.5 Å². The highest BCUT2D eigenvalue weighted by Crippen LogP contribution is 2.38. The highest BCUT2D eigenvalue weighted by atomic mass is 16.6. The SMILES string of the molecule is C#CCCCCCCCCCC(CCCCCCCCCCC(=O)OCC)(C(=O)OC(C)(C)C)C(=O)OC(C)(C)C. The summed E-state index contributed by atoms with van der Waals surface area (Å²) >= 11 is 0. The number of esters is 3. The van der Waals surface area contributed by atoms with Crippen LogP contribution in [0.4, 0.5) is 0 Å². The lowest BCUT2D eigenvalue weighted by molar-refractivity contribution is -0.187. The summed E-state index contributed by atoms with van der Waals surface area (Å²) in [5.74, 6) is 1.68.